The third kappa shape index (κ3) is 2.79. The fourth-order valence-corrected chi connectivity index (χ4v) is 2.19. The molecule has 0 bridgehead atoms. The molecule has 0 aliphatic heterocycles. The Morgan fingerprint density at radius 1 is 1.26 bits per heavy atom. The summed E-state index contributed by atoms with van der Waals surface area (Å²) in [6.07, 6.45) is 12.3. The monoisotopic (exact) mass is 253 g/mol. The molecule has 2 rings (SSSR count). The van der Waals surface area contributed by atoms with Crippen LogP contribution in [0, 0.1) is 6.92 Å². The number of aryl methyl sites for hydroxylation is 1. The first-order valence-electron chi connectivity index (χ1n) is 6.45. The van der Waals surface area contributed by atoms with E-state index in [1.54, 1.807) is 0 Å². The molecule has 0 atom stereocenters. The molecule has 0 amide bonds. The molecule has 1 aromatic heterocycles. The van der Waals surface area contributed by atoms with Crippen LogP contribution in [-0.4, -0.2) is 0 Å². The minimum atomic E-state index is 0.837. The molecule has 2 aromatic rings. The van der Waals surface area contributed by atoms with Gasteiger partial charge in [-0.1, -0.05) is 42.5 Å². The van der Waals surface area contributed by atoms with Crippen LogP contribution < -0.4 is 5.73 Å². The molecule has 98 valence electrons. The minimum absolute atomic E-state index is 0.837. The highest BCUT2D eigenvalue weighted by atomic mass is 16.3. The maximum Gasteiger partial charge on any atom is 0.138 e. The van der Waals surface area contributed by atoms with Crippen molar-refractivity contribution in [2.75, 3.05) is 0 Å². The maximum atomic E-state index is 5.91. The Labute approximate surface area is 113 Å². The average molecular weight is 253 g/mol. The number of hydrogen-bond donors (Lipinski definition) is 1. The third-order valence-electron chi connectivity index (χ3n) is 3.05. The molecule has 0 spiro atoms. The standard InChI is InChI=1S/C17H19NO/c1-3-8-15-13(2)19-17-14(9-5-4-6-12-18)10-7-11-16(15)17/h3-8,10-12H,9,18H2,1-2H3/b5-4-,8-3-,12-6-. The van der Waals surface area contributed by atoms with Crippen LogP contribution in [0.4, 0.5) is 0 Å². The largest absolute Gasteiger partial charge is 0.460 e. The summed E-state index contributed by atoms with van der Waals surface area (Å²) >= 11 is 0. The fraction of sp³-hybridized carbons (Fsp3) is 0.176. The van der Waals surface area contributed by atoms with E-state index < -0.39 is 0 Å². The van der Waals surface area contributed by atoms with Crippen LogP contribution in [0.25, 0.3) is 17.0 Å². The lowest BCUT2D eigenvalue weighted by molar-refractivity contribution is 0.574. The van der Waals surface area contributed by atoms with Gasteiger partial charge in [-0.2, -0.15) is 0 Å². The van der Waals surface area contributed by atoms with Crippen molar-refractivity contribution in [3.63, 3.8) is 0 Å². The third-order valence-corrected chi connectivity index (χ3v) is 3.05. The highest BCUT2D eigenvalue weighted by Gasteiger charge is 2.10. The average Bonchev–Trinajstić information content (AvgIpc) is 2.73. The molecule has 0 saturated heterocycles. The quantitative estimate of drug-likeness (QED) is 0.823. The molecule has 0 unspecified atom stereocenters. The van der Waals surface area contributed by atoms with Crippen molar-refractivity contribution < 1.29 is 4.42 Å². The van der Waals surface area contributed by atoms with E-state index in [9.17, 15) is 0 Å². The summed E-state index contributed by atoms with van der Waals surface area (Å²) in [6.45, 7) is 4.02. The molecule has 0 saturated carbocycles. The van der Waals surface area contributed by atoms with Gasteiger partial charge in [-0.25, -0.2) is 0 Å². The van der Waals surface area contributed by atoms with Crippen LogP contribution in [0.1, 0.15) is 23.8 Å². The number of para-hydroxylation sites is 1. The van der Waals surface area contributed by atoms with Gasteiger partial charge in [0.15, 0.2) is 0 Å². The van der Waals surface area contributed by atoms with Crippen molar-refractivity contribution in [1.29, 1.82) is 0 Å². The molecule has 0 radical (unpaired) electrons. The molecule has 0 aliphatic rings. The molecule has 2 N–H and O–H groups in total. The molecule has 0 fully saturated rings. The van der Waals surface area contributed by atoms with E-state index in [-0.39, 0.29) is 0 Å². The van der Waals surface area contributed by atoms with Gasteiger partial charge in [0.25, 0.3) is 0 Å². The summed E-state index contributed by atoms with van der Waals surface area (Å²) in [5, 5.41) is 1.18. The predicted octanol–water partition coefficient (Wildman–Crippen LogP) is 4.35. The second kappa shape index (κ2) is 6.10. The lowest BCUT2D eigenvalue weighted by Gasteiger charge is -1.98. The molecule has 2 nitrogen and oxygen atoms in total. The Morgan fingerprint density at radius 3 is 2.84 bits per heavy atom. The van der Waals surface area contributed by atoms with Crippen LogP contribution >= 0.6 is 0 Å². The molecule has 1 heterocycles. The Kier molecular flexibility index (Phi) is 4.24. The number of hydrogen-bond acceptors (Lipinski definition) is 2. The van der Waals surface area contributed by atoms with Gasteiger partial charge in [0.2, 0.25) is 0 Å². The van der Waals surface area contributed by atoms with E-state index in [4.69, 9.17) is 10.2 Å². The molecule has 2 heteroatoms. The van der Waals surface area contributed by atoms with Crippen molar-refractivity contribution in [2.24, 2.45) is 5.73 Å². The minimum Gasteiger partial charge on any atom is -0.460 e. The highest BCUT2D eigenvalue weighted by Crippen LogP contribution is 2.29. The van der Waals surface area contributed by atoms with Crippen LogP contribution in [-0.2, 0) is 6.42 Å². The molecule has 1 aromatic carbocycles. The normalized spacial score (nSPS) is 12.5. The van der Waals surface area contributed by atoms with Crippen LogP contribution in [0.3, 0.4) is 0 Å². The lowest BCUT2D eigenvalue weighted by atomic mass is 10.1. The lowest BCUT2D eigenvalue weighted by Crippen LogP contribution is -1.82. The van der Waals surface area contributed by atoms with Crippen molar-refractivity contribution in [3.8, 4) is 0 Å². The first-order chi connectivity index (χ1) is 9.27. The maximum absolute atomic E-state index is 5.91. The Bertz CT molecular complexity index is 645. The van der Waals surface area contributed by atoms with Gasteiger partial charge < -0.3 is 10.2 Å². The van der Waals surface area contributed by atoms with Gasteiger partial charge in [0, 0.05) is 10.9 Å². The van der Waals surface area contributed by atoms with Crippen LogP contribution in [0.15, 0.2) is 53.1 Å². The van der Waals surface area contributed by atoms with E-state index in [1.807, 2.05) is 32.1 Å². The number of benzene rings is 1. The summed E-state index contributed by atoms with van der Waals surface area (Å²) in [5.74, 6) is 0.964. The summed E-state index contributed by atoms with van der Waals surface area (Å²) < 4.78 is 5.91. The molecule has 19 heavy (non-hydrogen) atoms. The topological polar surface area (TPSA) is 39.2 Å². The zero-order valence-corrected chi connectivity index (χ0v) is 11.4. The first-order valence-corrected chi connectivity index (χ1v) is 6.45. The summed E-state index contributed by atoms with van der Waals surface area (Å²) in [6, 6.07) is 6.28. The Morgan fingerprint density at radius 2 is 2.11 bits per heavy atom. The fourth-order valence-electron chi connectivity index (χ4n) is 2.19. The van der Waals surface area contributed by atoms with Gasteiger partial charge in [0.1, 0.15) is 11.3 Å². The zero-order chi connectivity index (χ0) is 13.7. The highest BCUT2D eigenvalue weighted by molar-refractivity contribution is 5.90. The Balaban J connectivity index is 2.43. The summed E-state index contributed by atoms with van der Waals surface area (Å²) in [7, 11) is 0. The number of furan rings is 1. The van der Waals surface area contributed by atoms with E-state index in [0.29, 0.717) is 0 Å². The van der Waals surface area contributed by atoms with Gasteiger partial charge in [0.05, 0.1) is 0 Å². The number of nitrogens with two attached hydrogens (primary N) is 1. The number of fused-ring (bicyclic) bond motifs is 1. The zero-order valence-electron chi connectivity index (χ0n) is 11.4. The van der Waals surface area contributed by atoms with E-state index in [1.165, 1.54) is 22.7 Å². The second-order valence-electron chi connectivity index (χ2n) is 4.38. The smallest absolute Gasteiger partial charge is 0.138 e. The molecule has 0 aliphatic carbocycles. The van der Waals surface area contributed by atoms with E-state index >= 15 is 0 Å². The molecular weight excluding hydrogens is 234 g/mol. The van der Waals surface area contributed by atoms with Crippen molar-refractivity contribution in [1.82, 2.24) is 0 Å². The van der Waals surface area contributed by atoms with Gasteiger partial charge in [-0.3, -0.25) is 0 Å². The van der Waals surface area contributed by atoms with Crippen molar-refractivity contribution in [3.05, 3.63) is 65.6 Å². The summed E-state index contributed by atoms with van der Waals surface area (Å²) in [4.78, 5) is 0. The van der Waals surface area contributed by atoms with Gasteiger partial charge in [-0.15, -0.1) is 0 Å². The SMILES string of the molecule is C/C=C\c1c(C)oc2c(C/C=C\C=C/N)cccc12. The predicted molar refractivity (Wildman–Crippen MR) is 81.8 cm³/mol. The first kappa shape index (κ1) is 13.2. The summed E-state index contributed by atoms with van der Waals surface area (Å²) in [5.41, 5.74) is 8.64. The second-order valence-corrected chi connectivity index (χ2v) is 4.38. The van der Waals surface area contributed by atoms with E-state index in [0.717, 1.165) is 17.8 Å². The van der Waals surface area contributed by atoms with Crippen LogP contribution in [0.5, 0.6) is 0 Å². The van der Waals surface area contributed by atoms with E-state index in [2.05, 4.69) is 30.4 Å². The van der Waals surface area contributed by atoms with Gasteiger partial charge >= 0.3 is 0 Å². The number of allylic oxidation sites excluding steroid dienone is 4. The van der Waals surface area contributed by atoms with Crippen LogP contribution in [0.2, 0.25) is 0 Å². The molecular formula is C17H19NO. The van der Waals surface area contributed by atoms with Crippen molar-refractivity contribution >= 4 is 17.0 Å². The van der Waals surface area contributed by atoms with Crippen molar-refractivity contribution in [2.45, 2.75) is 20.3 Å². The Hall–Kier alpha value is -2.22. The number of rotatable bonds is 4. The van der Waals surface area contributed by atoms with Gasteiger partial charge in [-0.05, 0) is 38.1 Å².